The number of carbonyl (C=O) groups is 1. The number of aliphatic hydroxyl groups is 1. The lowest BCUT2D eigenvalue weighted by molar-refractivity contribution is -0.204. The van der Waals surface area contributed by atoms with E-state index in [1.165, 1.54) is 0 Å². The Morgan fingerprint density at radius 3 is 2.74 bits per heavy atom. The Morgan fingerprint density at radius 1 is 1.35 bits per heavy atom. The topological polar surface area (TPSA) is 61.4 Å². The first-order chi connectivity index (χ1) is 10.8. The predicted molar refractivity (Wildman–Crippen MR) is 83.5 cm³/mol. The van der Waals surface area contributed by atoms with Gasteiger partial charge in [0, 0.05) is 11.2 Å². The van der Waals surface area contributed by atoms with Crippen molar-refractivity contribution in [3.8, 4) is 0 Å². The fourth-order valence-corrected chi connectivity index (χ4v) is 3.20. The van der Waals surface area contributed by atoms with Crippen molar-refractivity contribution in [3.05, 3.63) is 35.2 Å². The maximum absolute atomic E-state index is 12.1. The molecule has 2 rings (SSSR count). The van der Waals surface area contributed by atoms with Crippen LogP contribution in [0.15, 0.2) is 29.6 Å². The third kappa shape index (κ3) is 4.59. The summed E-state index contributed by atoms with van der Waals surface area (Å²) in [6.07, 6.45) is -7.67. The predicted octanol–water partition coefficient (Wildman–Crippen LogP) is 3.57. The number of halogens is 3. The van der Waals surface area contributed by atoms with Crippen molar-refractivity contribution in [1.82, 2.24) is 10.6 Å². The number of rotatable bonds is 5. The summed E-state index contributed by atoms with van der Waals surface area (Å²) in [6.45, 7) is 1.54. The number of thiophene rings is 1. The van der Waals surface area contributed by atoms with Crippen LogP contribution in [0.3, 0.4) is 0 Å². The van der Waals surface area contributed by atoms with E-state index >= 15 is 0 Å². The molecule has 0 aliphatic carbocycles. The van der Waals surface area contributed by atoms with Crippen molar-refractivity contribution >= 4 is 27.5 Å². The molecule has 2 amide bonds. The van der Waals surface area contributed by atoms with E-state index in [1.807, 2.05) is 29.6 Å². The van der Waals surface area contributed by atoms with Gasteiger partial charge in [-0.2, -0.15) is 13.2 Å². The zero-order chi connectivity index (χ0) is 17.0. The van der Waals surface area contributed by atoms with Gasteiger partial charge in [0.1, 0.15) is 0 Å². The van der Waals surface area contributed by atoms with Crippen molar-refractivity contribution in [1.29, 1.82) is 0 Å². The molecule has 2 atom stereocenters. The Morgan fingerprint density at radius 2 is 2.04 bits per heavy atom. The Hall–Kier alpha value is -1.80. The molecule has 2 aromatic rings. The molecule has 0 saturated carbocycles. The summed E-state index contributed by atoms with van der Waals surface area (Å²) in [6, 6.07) is 6.93. The van der Waals surface area contributed by atoms with Gasteiger partial charge in [0.2, 0.25) is 0 Å². The molecule has 3 N–H and O–H groups in total. The minimum atomic E-state index is -4.67. The largest absolute Gasteiger partial charge is 0.414 e. The maximum atomic E-state index is 12.1. The van der Waals surface area contributed by atoms with Crippen LogP contribution in [0, 0.1) is 0 Å². The van der Waals surface area contributed by atoms with Gasteiger partial charge in [0.25, 0.3) is 0 Å². The van der Waals surface area contributed by atoms with Gasteiger partial charge in [-0.05, 0) is 35.7 Å². The highest BCUT2D eigenvalue weighted by atomic mass is 32.1. The highest BCUT2D eigenvalue weighted by Crippen LogP contribution is 2.29. The van der Waals surface area contributed by atoms with E-state index in [9.17, 15) is 18.0 Å². The molecule has 126 valence electrons. The average Bonchev–Trinajstić information content (AvgIpc) is 2.90. The van der Waals surface area contributed by atoms with E-state index in [-0.39, 0.29) is 12.6 Å². The third-order valence-corrected chi connectivity index (χ3v) is 4.39. The first-order valence-corrected chi connectivity index (χ1v) is 7.92. The van der Waals surface area contributed by atoms with Gasteiger partial charge < -0.3 is 15.7 Å². The molecular weight excluding hydrogens is 329 g/mol. The summed E-state index contributed by atoms with van der Waals surface area (Å²) in [5.74, 6) is 0. The third-order valence-electron chi connectivity index (χ3n) is 3.41. The standard InChI is InChI=1S/C15H17F3N2O2S/c1-9(11-8-23-12-5-3-2-4-10(11)12)20-14(22)19-7-6-13(21)15(16,17)18/h2-5,8-9,13,21H,6-7H2,1H3,(H2,19,20,22)/t9-,13+/m1/s1. The number of hydrogen-bond donors (Lipinski definition) is 3. The average molecular weight is 346 g/mol. The molecule has 0 saturated heterocycles. The molecule has 23 heavy (non-hydrogen) atoms. The molecular formula is C15H17F3N2O2S. The second-order valence-corrected chi connectivity index (χ2v) is 6.07. The zero-order valence-corrected chi connectivity index (χ0v) is 13.2. The van der Waals surface area contributed by atoms with Crippen LogP contribution in [-0.2, 0) is 0 Å². The smallest absolute Gasteiger partial charge is 0.384 e. The van der Waals surface area contributed by atoms with Crippen LogP contribution in [0.2, 0.25) is 0 Å². The van der Waals surface area contributed by atoms with E-state index in [0.29, 0.717) is 0 Å². The minimum absolute atomic E-state index is 0.260. The van der Waals surface area contributed by atoms with E-state index < -0.39 is 24.7 Å². The second-order valence-electron chi connectivity index (χ2n) is 5.16. The lowest BCUT2D eigenvalue weighted by Crippen LogP contribution is -2.40. The molecule has 0 aliphatic rings. The number of urea groups is 1. The zero-order valence-electron chi connectivity index (χ0n) is 12.4. The number of carbonyl (C=O) groups excluding carboxylic acids is 1. The Labute approximate surface area is 135 Å². The summed E-state index contributed by atoms with van der Waals surface area (Å²) in [7, 11) is 0. The quantitative estimate of drug-likeness (QED) is 0.775. The van der Waals surface area contributed by atoms with Crippen LogP contribution >= 0.6 is 11.3 Å². The molecule has 0 unspecified atom stereocenters. The van der Waals surface area contributed by atoms with Gasteiger partial charge in [0.15, 0.2) is 6.10 Å². The van der Waals surface area contributed by atoms with Crippen LogP contribution in [0.4, 0.5) is 18.0 Å². The lowest BCUT2D eigenvalue weighted by Gasteiger charge is -2.17. The van der Waals surface area contributed by atoms with Crippen molar-refractivity contribution in [3.63, 3.8) is 0 Å². The first kappa shape index (κ1) is 17.6. The van der Waals surface area contributed by atoms with Gasteiger partial charge in [0.05, 0.1) is 6.04 Å². The maximum Gasteiger partial charge on any atom is 0.414 e. The molecule has 1 aromatic carbocycles. The second kappa shape index (κ2) is 7.18. The number of fused-ring (bicyclic) bond motifs is 1. The molecule has 0 bridgehead atoms. The van der Waals surface area contributed by atoms with Crippen molar-refractivity contribution in [2.24, 2.45) is 0 Å². The van der Waals surface area contributed by atoms with Crippen LogP contribution in [-0.4, -0.2) is 30.0 Å². The van der Waals surface area contributed by atoms with Gasteiger partial charge in [-0.15, -0.1) is 11.3 Å². The summed E-state index contributed by atoms with van der Waals surface area (Å²) >= 11 is 1.56. The highest BCUT2D eigenvalue weighted by Gasteiger charge is 2.37. The molecule has 0 radical (unpaired) electrons. The number of nitrogens with one attached hydrogen (secondary N) is 2. The van der Waals surface area contributed by atoms with Crippen LogP contribution < -0.4 is 10.6 Å². The van der Waals surface area contributed by atoms with E-state index in [1.54, 1.807) is 18.3 Å². The monoisotopic (exact) mass is 346 g/mol. The fourth-order valence-electron chi connectivity index (χ4n) is 2.15. The van der Waals surface area contributed by atoms with E-state index in [4.69, 9.17) is 5.11 Å². The van der Waals surface area contributed by atoms with Crippen molar-refractivity contribution in [2.45, 2.75) is 31.7 Å². The molecule has 1 aromatic heterocycles. The summed E-state index contributed by atoms with van der Waals surface area (Å²) in [4.78, 5) is 11.7. The Kier molecular flexibility index (Phi) is 5.48. The normalized spacial score (nSPS) is 14.5. The molecule has 0 aliphatic heterocycles. The molecule has 0 fully saturated rings. The highest BCUT2D eigenvalue weighted by molar-refractivity contribution is 7.17. The number of amides is 2. The number of benzene rings is 1. The fraction of sp³-hybridized carbons (Fsp3) is 0.400. The molecule has 0 spiro atoms. The Bertz CT molecular complexity index is 672. The SMILES string of the molecule is C[C@@H](NC(=O)NCC[C@H](O)C(F)(F)F)c1csc2ccccc12. The summed E-state index contributed by atoms with van der Waals surface area (Å²) in [5.41, 5.74) is 0.955. The summed E-state index contributed by atoms with van der Waals surface area (Å²) in [5, 5.41) is 16.8. The number of hydrogen-bond acceptors (Lipinski definition) is 3. The van der Waals surface area contributed by atoms with Gasteiger partial charge in [-0.3, -0.25) is 0 Å². The minimum Gasteiger partial charge on any atom is -0.384 e. The van der Waals surface area contributed by atoms with Gasteiger partial charge >= 0.3 is 12.2 Å². The summed E-state index contributed by atoms with van der Waals surface area (Å²) < 4.78 is 37.5. The van der Waals surface area contributed by atoms with Crippen LogP contribution in [0.1, 0.15) is 24.9 Å². The van der Waals surface area contributed by atoms with Crippen LogP contribution in [0.5, 0.6) is 0 Å². The van der Waals surface area contributed by atoms with Gasteiger partial charge in [-0.25, -0.2) is 4.79 Å². The van der Waals surface area contributed by atoms with Crippen LogP contribution in [0.25, 0.3) is 10.1 Å². The molecule has 8 heteroatoms. The van der Waals surface area contributed by atoms with Crippen molar-refractivity contribution in [2.75, 3.05) is 6.54 Å². The lowest BCUT2D eigenvalue weighted by atomic mass is 10.1. The number of aliphatic hydroxyl groups excluding tert-OH is 1. The Balaban J connectivity index is 1.86. The molecule has 4 nitrogen and oxygen atoms in total. The van der Waals surface area contributed by atoms with Gasteiger partial charge in [-0.1, -0.05) is 18.2 Å². The van der Waals surface area contributed by atoms with Crippen molar-refractivity contribution < 1.29 is 23.1 Å². The van der Waals surface area contributed by atoms with E-state index in [0.717, 1.165) is 15.6 Å². The van der Waals surface area contributed by atoms with E-state index in [2.05, 4.69) is 10.6 Å². The first-order valence-electron chi connectivity index (χ1n) is 7.04. The number of alkyl halides is 3. The molecule has 1 heterocycles.